The number of nitrogens with two attached hydrogens (primary N) is 1. The average Bonchev–Trinajstić information content (AvgIpc) is 2.32. The molecule has 0 atom stereocenters. The fraction of sp³-hybridized carbons (Fsp3) is 0.462. The SMILES string of the molecule is NCc1ccc(CNC(=O)NC2CCC2)c(F)c1. The van der Waals surface area contributed by atoms with Crippen LogP contribution in [0.1, 0.15) is 30.4 Å². The van der Waals surface area contributed by atoms with Crippen LogP contribution < -0.4 is 16.4 Å². The predicted octanol–water partition coefficient (Wildman–Crippen LogP) is 1.64. The molecule has 18 heavy (non-hydrogen) atoms. The summed E-state index contributed by atoms with van der Waals surface area (Å²) in [6, 6.07) is 4.88. The molecule has 1 fully saturated rings. The van der Waals surface area contributed by atoms with E-state index in [1.165, 1.54) is 12.5 Å². The van der Waals surface area contributed by atoms with Gasteiger partial charge in [-0.2, -0.15) is 0 Å². The van der Waals surface area contributed by atoms with Crippen molar-refractivity contribution in [1.29, 1.82) is 0 Å². The molecule has 1 saturated carbocycles. The molecular weight excluding hydrogens is 233 g/mol. The highest BCUT2D eigenvalue weighted by Gasteiger charge is 2.19. The topological polar surface area (TPSA) is 67.1 Å². The second-order valence-corrected chi connectivity index (χ2v) is 4.58. The van der Waals surface area contributed by atoms with Gasteiger partial charge in [-0.15, -0.1) is 0 Å². The van der Waals surface area contributed by atoms with Crippen LogP contribution in [0.15, 0.2) is 18.2 Å². The Morgan fingerprint density at radius 1 is 1.44 bits per heavy atom. The van der Waals surface area contributed by atoms with E-state index in [4.69, 9.17) is 5.73 Å². The van der Waals surface area contributed by atoms with Crippen molar-refractivity contribution in [2.45, 2.75) is 38.4 Å². The maximum atomic E-state index is 13.6. The summed E-state index contributed by atoms with van der Waals surface area (Å²) in [5.41, 5.74) is 6.64. The van der Waals surface area contributed by atoms with Gasteiger partial charge in [0.05, 0.1) is 0 Å². The Kier molecular flexibility index (Phi) is 4.15. The van der Waals surface area contributed by atoms with Gasteiger partial charge in [0, 0.05) is 24.7 Å². The van der Waals surface area contributed by atoms with Crippen LogP contribution >= 0.6 is 0 Å². The van der Waals surface area contributed by atoms with Crippen LogP contribution in [0.3, 0.4) is 0 Å². The number of hydrogen-bond donors (Lipinski definition) is 3. The molecule has 1 aromatic rings. The van der Waals surface area contributed by atoms with Crippen molar-refractivity contribution in [1.82, 2.24) is 10.6 Å². The maximum Gasteiger partial charge on any atom is 0.315 e. The Morgan fingerprint density at radius 3 is 2.78 bits per heavy atom. The van der Waals surface area contributed by atoms with Crippen molar-refractivity contribution in [2.24, 2.45) is 5.73 Å². The van der Waals surface area contributed by atoms with E-state index in [1.807, 2.05) is 0 Å². The van der Waals surface area contributed by atoms with Gasteiger partial charge in [-0.3, -0.25) is 0 Å². The number of halogens is 1. The number of amides is 2. The second-order valence-electron chi connectivity index (χ2n) is 4.58. The standard InChI is InChI=1S/C13H18FN3O/c14-12-6-9(7-15)4-5-10(12)8-16-13(18)17-11-2-1-3-11/h4-6,11H,1-3,7-8,15H2,(H2,16,17,18). The molecule has 0 aliphatic heterocycles. The third-order valence-electron chi connectivity index (χ3n) is 3.23. The van der Waals surface area contributed by atoms with Crippen molar-refractivity contribution in [3.63, 3.8) is 0 Å². The number of hydrogen-bond acceptors (Lipinski definition) is 2. The Labute approximate surface area is 106 Å². The zero-order valence-corrected chi connectivity index (χ0v) is 10.2. The normalized spacial score (nSPS) is 15.0. The van der Waals surface area contributed by atoms with Gasteiger partial charge in [0.25, 0.3) is 0 Å². The summed E-state index contributed by atoms with van der Waals surface area (Å²) in [6.45, 7) is 0.502. The summed E-state index contributed by atoms with van der Waals surface area (Å²) in [7, 11) is 0. The molecule has 2 rings (SSSR count). The highest BCUT2D eigenvalue weighted by molar-refractivity contribution is 5.74. The van der Waals surface area contributed by atoms with Crippen LogP contribution in [0.2, 0.25) is 0 Å². The smallest absolute Gasteiger partial charge is 0.315 e. The summed E-state index contributed by atoms with van der Waals surface area (Å²) < 4.78 is 13.6. The summed E-state index contributed by atoms with van der Waals surface area (Å²) >= 11 is 0. The van der Waals surface area contributed by atoms with Gasteiger partial charge in [-0.25, -0.2) is 9.18 Å². The van der Waals surface area contributed by atoms with Crippen molar-refractivity contribution in [3.8, 4) is 0 Å². The first-order valence-electron chi connectivity index (χ1n) is 6.21. The molecule has 0 spiro atoms. The van der Waals surface area contributed by atoms with Crippen LogP contribution in [0.25, 0.3) is 0 Å². The first-order valence-corrected chi connectivity index (χ1v) is 6.21. The monoisotopic (exact) mass is 251 g/mol. The number of carbonyl (C=O) groups excluding carboxylic acids is 1. The third kappa shape index (κ3) is 3.20. The molecule has 4 N–H and O–H groups in total. The molecule has 0 unspecified atom stereocenters. The Morgan fingerprint density at radius 2 is 2.22 bits per heavy atom. The van der Waals surface area contributed by atoms with E-state index < -0.39 is 0 Å². The van der Waals surface area contributed by atoms with Gasteiger partial charge in [-0.1, -0.05) is 12.1 Å². The first-order chi connectivity index (χ1) is 8.69. The lowest BCUT2D eigenvalue weighted by atomic mass is 9.93. The molecular formula is C13H18FN3O. The summed E-state index contributed by atoms with van der Waals surface area (Å²) in [5, 5.41) is 5.49. The van der Waals surface area contributed by atoms with E-state index in [2.05, 4.69) is 10.6 Å². The molecule has 1 aromatic carbocycles. The van der Waals surface area contributed by atoms with Crippen molar-refractivity contribution in [2.75, 3.05) is 0 Å². The van der Waals surface area contributed by atoms with Crippen LogP contribution in [0.5, 0.6) is 0 Å². The fourth-order valence-electron chi connectivity index (χ4n) is 1.83. The third-order valence-corrected chi connectivity index (χ3v) is 3.23. The van der Waals surface area contributed by atoms with Gasteiger partial charge < -0.3 is 16.4 Å². The van der Waals surface area contributed by atoms with Crippen molar-refractivity contribution in [3.05, 3.63) is 35.1 Å². The first kappa shape index (κ1) is 12.8. The average molecular weight is 251 g/mol. The predicted molar refractivity (Wildman–Crippen MR) is 67.3 cm³/mol. The number of carbonyl (C=O) groups is 1. The quantitative estimate of drug-likeness (QED) is 0.761. The van der Waals surface area contributed by atoms with Gasteiger partial charge in [-0.05, 0) is 30.9 Å². The largest absolute Gasteiger partial charge is 0.335 e. The van der Waals surface area contributed by atoms with E-state index in [1.54, 1.807) is 12.1 Å². The number of nitrogens with one attached hydrogen (secondary N) is 2. The molecule has 2 amide bonds. The Bertz CT molecular complexity index is 432. The molecule has 0 radical (unpaired) electrons. The minimum atomic E-state index is -0.332. The summed E-state index contributed by atoms with van der Waals surface area (Å²) in [5.74, 6) is -0.332. The number of rotatable bonds is 4. The zero-order valence-electron chi connectivity index (χ0n) is 10.2. The molecule has 1 aliphatic carbocycles. The van der Waals surface area contributed by atoms with E-state index in [-0.39, 0.29) is 24.4 Å². The van der Waals surface area contributed by atoms with E-state index >= 15 is 0 Å². The van der Waals surface area contributed by atoms with Crippen LogP contribution in [0.4, 0.5) is 9.18 Å². The lowest BCUT2D eigenvalue weighted by Crippen LogP contribution is -2.44. The fourth-order valence-corrected chi connectivity index (χ4v) is 1.83. The lowest BCUT2D eigenvalue weighted by Gasteiger charge is -2.26. The molecule has 0 saturated heterocycles. The van der Waals surface area contributed by atoms with Gasteiger partial charge >= 0.3 is 6.03 Å². The second kappa shape index (κ2) is 5.82. The molecule has 0 aromatic heterocycles. The minimum Gasteiger partial charge on any atom is -0.335 e. The molecule has 0 bridgehead atoms. The highest BCUT2D eigenvalue weighted by Crippen LogP contribution is 2.17. The van der Waals surface area contributed by atoms with Gasteiger partial charge in [0.2, 0.25) is 0 Å². The van der Waals surface area contributed by atoms with E-state index in [0.29, 0.717) is 12.1 Å². The zero-order chi connectivity index (χ0) is 13.0. The molecule has 4 nitrogen and oxygen atoms in total. The molecule has 98 valence electrons. The maximum absolute atomic E-state index is 13.6. The Hall–Kier alpha value is -1.62. The summed E-state index contributed by atoms with van der Waals surface area (Å²) in [4.78, 5) is 11.5. The highest BCUT2D eigenvalue weighted by atomic mass is 19.1. The lowest BCUT2D eigenvalue weighted by molar-refractivity contribution is 0.228. The van der Waals surface area contributed by atoms with Crippen LogP contribution in [0, 0.1) is 5.82 Å². The van der Waals surface area contributed by atoms with Crippen molar-refractivity contribution < 1.29 is 9.18 Å². The van der Waals surface area contributed by atoms with Crippen LogP contribution in [-0.4, -0.2) is 12.1 Å². The number of urea groups is 1. The molecule has 0 heterocycles. The van der Waals surface area contributed by atoms with Gasteiger partial charge in [0.15, 0.2) is 0 Å². The number of benzene rings is 1. The van der Waals surface area contributed by atoms with Crippen molar-refractivity contribution >= 4 is 6.03 Å². The molecule has 1 aliphatic rings. The molecule has 5 heteroatoms. The van der Waals surface area contributed by atoms with Gasteiger partial charge in [0.1, 0.15) is 5.82 Å². The Balaban J connectivity index is 1.83. The summed E-state index contributed by atoms with van der Waals surface area (Å²) in [6.07, 6.45) is 3.24. The van der Waals surface area contributed by atoms with E-state index in [0.717, 1.165) is 18.4 Å². The minimum absolute atomic E-state index is 0.190. The van der Waals surface area contributed by atoms with Crippen LogP contribution in [-0.2, 0) is 13.1 Å². The van der Waals surface area contributed by atoms with E-state index in [9.17, 15) is 9.18 Å².